The molecule has 0 bridgehead atoms. The van der Waals surface area contributed by atoms with Crippen LogP contribution in [0, 0.1) is 0 Å². The molecule has 0 aliphatic carbocycles. The van der Waals surface area contributed by atoms with E-state index in [1.54, 1.807) is 31.3 Å². The number of nitrogens with zero attached hydrogens (tertiary/aromatic N) is 1. The average molecular weight is 280 g/mol. The zero-order valence-corrected chi connectivity index (χ0v) is 11.9. The molecule has 0 heterocycles. The fraction of sp³-hybridized carbons (Fsp3) is 0.429. The summed E-state index contributed by atoms with van der Waals surface area (Å²) < 4.78 is 4.91. The lowest BCUT2D eigenvalue weighted by molar-refractivity contribution is -0.116. The van der Waals surface area contributed by atoms with Crippen LogP contribution in [0.25, 0.3) is 0 Å². The summed E-state index contributed by atoms with van der Waals surface area (Å²) in [5.74, 6) is -0.523. The van der Waals surface area contributed by atoms with Crippen molar-refractivity contribution in [1.29, 1.82) is 0 Å². The molecule has 0 aliphatic heterocycles. The Balaban J connectivity index is 2.95. The topological polar surface area (TPSA) is 78.9 Å². The second-order valence-corrected chi connectivity index (χ2v) is 4.40. The number of anilines is 1. The number of carbonyl (C=O) groups excluding carboxylic acids is 2. The minimum absolute atomic E-state index is 0.166. The number of para-hydroxylation sites is 1. The SMILES string of the molecule is COCC(CO)NC(=O)c1ccccc1N(C)C(C)=O. The summed E-state index contributed by atoms with van der Waals surface area (Å²) in [5.41, 5.74) is 0.895. The van der Waals surface area contributed by atoms with E-state index < -0.39 is 6.04 Å². The van der Waals surface area contributed by atoms with E-state index in [0.29, 0.717) is 11.3 Å². The van der Waals surface area contributed by atoms with Gasteiger partial charge in [0.05, 0.1) is 30.5 Å². The van der Waals surface area contributed by atoms with E-state index in [2.05, 4.69) is 5.32 Å². The number of hydrogen-bond acceptors (Lipinski definition) is 4. The zero-order chi connectivity index (χ0) is 15.1. The molecule has 1 rings (SSSR count). The van der Waals surface area contributed by atoms with Crippen LogP contribution in [-0.4, -0.2) is 50.3 Å². The highest BCUT2D eigenvalue weighted by molar-refractivity contribution is 6.04. The van der Waals surface area contributed by atoms with E-state index in [1.807, 2.05) is 0 Å². The van der Waals surface area contributed by atoms with Crippen LogP contribution < -0.4 is 10.2 Å². The summed E-state index contributed by atoms with van der Waals surface area (Å²) in [6, 6.07) is 6.32. The Hall–Kier alpha value is -1.92. The van der Waals surface area contributed by atoms with E-state index in [-0.39, 0.29) is 25.0 Å². The average Bonchev–Trinajstić information content (AvgIpc) is 2.45. The fourth-order valence-electron chi connectivity index (χ4n) is 1.73. The molecule has 0 aliphatic rings. The Morgan fingerprint density at radius 1 is 1.40 bits per heavy atom. The van der Waals surface area contributed by atoms with Gasteiger partial charge in [-0.1, -0.05) is 12.1 Å². The van der Waals surface area contributed by atoms with E-state index in [0.717, 1.165) is 0 Å². The molecule has 1 atom stereocenters. The molecular weight excluding hydrogens is 260 g/mol. The molecule has 6 nitrogen and oxygen atoms in total. The molecule has 20 heavy (non-hydrogen) atoms. The Morgan fingerprint density at radius 2 is 2.05 bits per heavy atom. The number of aliphatic hydroxyl groups excluding tert-OH is 1. The van der Waals surface area contributed by atoms with Crippen molar-refractivity contribution >= 4 is 17.5 Å². The van der Waals surface area contributed by atoms with Gasteiger partial charge in [-0.3, -0.25) is 9.59 Å². The van der Waals surface area contributed by atoms with Gasteiger partial charge in [-0.2, -0.15) is 0 Å². The van der Waals surface area contributed by atoms with Gasteiger partial charge >= 0.3 is 0 Å². The summed E-state index contributed by atoms with van der Waals surface area (Å²) in [5, 5.41) is 11.8. The summed E-state index contributed by atoms with van der Waals surface area (Å²) in [6.45, 7) is 1.42. The predicted octanol–water partition coefficient (Wildman–Crippen LogP) is 0.406. The Labute approximate surface area is 118 Å². The first-order valence-corrected chi connectivity index (χ1v) is 6.25. The molecule has 2 N–H and O–H groups in total. The predicted molar refractivity (Wildman–Crippen MR) is 75.7 cm³/mol. The van der Waals surface area contributed by atoms with E-state index in [4.69, 9.17) is 9.84 Å². The van der Waals surface area contributed by atoms with Crippen molar-refractivity contribution in [2.75, 3.05) is 32.3 Å². The van der Waals surface area contributed by atoms with Crippen LogP contribution in [0.2, 0.25) is 0 Å². The van der Waals surface area contributed by atoms with Gasteiger partial charge in [0.2, 0.25) is 5.91 Å². The van der Waals surface area contributed by atoms with Crippen LogP contribution >= 0.6 is 0 Å². The molecule has 0 spiro atoms. The standard InChI is InChI=1S/C14H20N2O4/c1-10(18)16(2)13-7-5-4-6-12(13)14(19)15-11(8-17)9-20-3/h4-7,11,17H,8-9H2,1-3H3,(H,15,19). The van der Waals surface area contributed by atoms with Crippen LogP contribution in [-0.2, 0) is 9.53 Å². The first kappa shape index (κ1) is 16.1. The first-order chi connectivity index (χ1) is 9.51. The maximum atomic E-state index is 12.2. The van der Waals surface area contributed by atoms with Gasteiger partial charge < -0.3 is 20.1 Å². The molecule has 1 unspecified atom stereocenters. The molecule has 0 aromatic heterocycles. The largest absolute Gasteiger partial charge is 0.394 e. The molecular formula is C14H20N2O4. The number of aliphatic hydroxyl groups is 1. The Morgan fingerprint density at radius 3 is 2.60 bits per heavy atom. The number of benzene rings is 1. The maximum absolute atomic E-state index is 12.2. The third kappa shape index (κ3) is 4.04. The van der Waals surface area contributed by atoms with Crippen molar-refractivity contribution < 1.29 is 19.4 Å². The minimum Gasteiger partial charge on any atom is -0.394 e. The molecule has 0 fully saturated rings. The van der Waals surface area contributed by atoms with Gasteiger partial charge in [0.25, 0.3) is 5.91 Å². The number of amides is 2. The number of carbonyl (C=O) groups is 2. The molecule has 0 radical (unpaired) electrons. The number of ether oxygens (including phenoxy) is 1. The second kappa shape index (κ2) is 7.62. The fourth-order valence-corrected chi connectivity index (χ4v) is 1.73. The number of nitrogens with one attached hydrogen (secondary N) is 1. The van der Waals surface area contributed by atoms with Gasteiger partial charge in [-0.25, -0.2) is 0 Å². The van der Waals surface area contributed by atoms with Gasteiger partial charge in [0, 0.05) is 21.1 Å². The molecule has 1 aromatic carbocycles. The summed E-state index contributed by atoms with van der Waals surface area (Å²) in [6.07, 6.45) is 0. The van der Waals surface area contributed by atoms with Crippen LogP contribution in [0.4, 0.5) is 5.69 Å². The molecule has 6 heteroatoms. The smallest absolute Gasteiger partial charge is 0.253 e. The normalized spacial score (nSPS) is 11.8. The summed E-state index contributed by atoms with van der Waals surface area (Å²) in [7, 11) is 3.10. The molecule has 1 aromatic rings. The van der Waals surface area contributed by atoms with Gasteiger partial charge in [0.15, 0.2) is 0 Å². The quantitative estimate of drug-likeness (QED) is 0.791. The molecule has 0 saturated carbocycles. The van der Waals surface area contributed by atoms with Crippen LogP contribution in [0.15, 0.2) is 24.3 Å². The van der Waals surface area contributed by atoms with Crippen molar-refractivity contribution in [2.24, 2.45) is 0 Å². The Bertz CT molecular complexity index is 476. The molecule has 110 valence electrons. The summed E-state index contributed by atoms with van der Waals surface area (Å²) in [4.78, 5) is 25.1. The van der Waals surface area contributed by atoms with E-state index in [9.17, 15) is 9.59 Å². The molecule has 2 amide bonds. The number of rotatable bonds is 6. The highest BCUT2D eigenvalue weighted by Crippen LogP contribution is 2.19. The van der Waals surface area contributed by atoms with Crippen molar-refractivity contribution in [3.63, 3.8) is 0 Å². The number of hydrogen-bond donors (Lipinski definition) is 2. The van der Waals surface area contributed by atoms with Gasteiger partial charge in [0.1, 0.15) is 0 Å². The van der Waals surface area contributed by atoms with Gasteiger partial charge in [-0.15, -0.1) is 0 Å². The second-order valence-electron chi connectivity index (χ2n) is 4.40. The third-order valence-electron chi connectivity index (χ3n) is 2.91. The number of methoxy groups -OCH3 is 1. The van der Waals surface area contributed by atoms with Crippen molar-refractivity contribution in [3.8, 4) is 0 Å². The lowest BCUT2D eigenvalue weighted by atomic mass is 10.1. The highest BCUT2D eigenvalue weighted by atomic mass is 16.5. The monoisotopic (exact) mass is 280 g/mol. The van der Waals surface area contributed by atoms with Crippen LogP contribution in [0.5, 0.6) is 0 Å². The zero-order valence-electron chi connectivity index (χ0n) is 11.9. The lowest BCUT2D eigenvalue weighted by Gasteiger charge is -2.20. The maximum Gasteiger partial charge on any atom is 0.253 e. The van der Waals surface area contributed by atoms with Crippen molar-refractivity contribution in [1.82, 2.24) is 5.32 Å². The van der Waals surface area contributed by atoms with Crippen molar-refractivity contribution in [3.05, 3.63) is 29.8 Å². The third-order valence-corrected chi connectivity index (χ3v) is 2.91. The lowest BCUT2D eigenvalue weighted by Crippen LogP contribution is -2.41. The van der Waals surface area contributed by atoms with E-state index in [1.165, 1.54) is 18.9 Å². The Kier molecular flexibility index (Phi) is 6.14. The summed E-state index contributed by atoms with van der Waals surface area (Å²) >= 11 is 0. The van der Waals surface area contributed by atoms with Crippen LogP contribution in [0.3, 0.4) is 0 Å². The minimum atomic E-state index is -0.483. The molecule has 0 saturated heterocycles. The van der Waals surface area contributed by atoms with E-state index >= 15 is 0 Å². The van der Waals surface area contributed by atoms with Crippen LogP contribution in [0.1, 0.15) is 17.3 Å². The first-order valence-electron chi connectivity index (χ1n) is 6.25. The van der Waals surface area contributed by atoms with Crippen molar-refractivity contribution in [2.45, 2.75) is 13.0 Å². The van der Waals surface area contributed by atoms with Gasteiger partial charge in [-0.05, 0) is 12.1 Å². The highest BCUT2D eigenvalue weighted by Gasteiger charge is 2.18.